The van der Waals surface area contributed by atoms with E-state index in [0.29, 0.717) is 5.78 Å². The number of rotatable bonds is 0. The average molecular weight is 164 g/mol. The molecule has 0 aromatic heterocycles. The van der Waals surface area contributed by atoms with Crippen molar-refractivity contribution in [1.29, 1.82) is 0 Å². The number of carbonyl (C=O) groups is 1. The highest BCUT2D eigenvalue weighted by Gasteiger charge is 2.45. The van der Waals surface area contributed by atoms with Gasteiger partial charge in [0.05, 0.1) is 0 Å². The first kappa shape index (κ1) is 8.03. The van der Waals surface area contributed by atoms with Crippen molar-refractivity contribution < 1.29 is 4.79 Å². The minimum absolute atomic E-state index is 0.247. The van der Waals surface area contributed by atoms with Crippen molar-refractivity contribution in [2.24, 2.45) is 11.3 Å². The molecule has 2 aliphatic carbocycles. The van der Waals surface area contributed by atoms with Gasteiger partial charge in [-0.05, 0) is 42.6 Å². The molecule has 0 unspecified atom stereocenters. The van der Waals surface area contributed by atoms with Gasteiger partial charge in [0.25, 0.3) is 0 Å². The van der Waals surface area contributed by atoms with Gasteiger partial charge in [-0.15, -0.1) is 0 Å². The lowest BCUT2D eigenvalue weighted by Gasteiger charge is -2.23. The van der Waals surface area contributed by atoms with Crippen molar-refractivity contribution in [2.75, 3.05) is 0 Å². The fraction of sp³-hybridized carbons (Fsp3) is 0.727. The molecular formula is C11H16O. The van der Waals surface area contributed by atoms with Gasteiger partial charge in [0, 0.05) is 6.42 Å². The van der Waals surface area contributed by atoms with Gasteiger partial charge in [0.15, 0.2) is 5.78 Å². The maximum atomic E-state index is 11.3. The third-order valence-electron chi connectivity index (χ3n) is 3.66. The predicted molar refractivity (Wildman–Crippen MR) is 48.8 cm³/mol. The summed E-state index contributed by atoms with van der Waals surface area (Å²) in [5, 5.41) is 0. The Labute approximate surface area is 73.8 Å². The van der Waals surface area contributed by atoms with E-state index in [1.54, 1.807) is 0 Å². The summed E-state index contributed by atoms with van der Waals surface area (Å²) in [4.78, 5) is 11.3. The molecule has 0 aromatic rings. The molecule has 2 fully saturated rings. The standard InChI is InChI=1S/C11H16O/c1-8-3-5-11(7-8)6-4-10(12)9(11)2/h8H,2-7H2,1H3/t8-,11+/m0/s1. The Hall–Kier alpha value is -0.590. The van der Waals surface area contributed by atoms with Crippen LogP contribution in [-0.4, -0.2) is 5.78 Å². The predicted octanol–water partition coefficient (Wildman–Crippen LogP) is 2.71. The number of hydrogen-bond acceptors (Lipinski definition) is 1. The van der Waals surface area contributed by atoms with Crippen LogP contribution < -0.4 is 0 Å². The summed E-state index contributed by atoms with van der Waals surface area (Å²) < 4.78 is 0. The molecule has 0 aliphatic heterocycles. The van der Waals surface area contributed by atoms with E-state index in [0.717, 1.165) is 24.3 Å². The highest BCUT2D eigenvalue weighted by atomic mass is 16.1. The number of Topliss-reactive ketones (excluding diaryl/α,β-unsaturated/α-hetero) is 1. The molecule has 2 rings (SSSR count). The van der Waals surface area contributed by atoms with Gasteiger partial charge < -0.3 is 0 Å². The number of carbonyl (C=O) groups excluding carboxylic acids is 1. The Morgan fingerprint density at radius 3 is 2.67 bits per heavy atom. The van der Waals surface area contributed by atoms with E-state index in [9.17, 15) is 4.79 Å². The molecule has 1 heteroatoms. The molecule has 2 aliphatic rings. The number of ketones is 1. The molecule has 0 heterocycles. The molecular weight excluding hydrogens is 148 g/mol. The van der Waals surface area contributed by atoms with Crippen molar-refractivity contribution in [3.8, 4) is 0 Å². The lowest BCUT2D eigenvalue weighted by Crippen LogP contribution is -2.15. The zero-order valence-corrected chi connectivity index (χ0v) is 7.73. The van der Waals surface area contributed by atoms with Crippen LogP contribution in [-0.2, 0) is 4.79 Å². The van der Waals surface area contributed by atoms with Gasteiger partial charge in [-0.2, -0.15) is 0 Å². The van der Waals surface area contributed by atoms with E-state index in [4.69, 9.17) is 0 Å². The fourth-order valence-corrected chi connectivity index (χ4v) is 2.85. The molecule has 0 N–H and O–H groups in total. The van der Waals surface area contributed by atoms with E-state index in [-0.39, 0.29) is 5.41 Å². The third kappa shape index (κ3) is 0.954. The Balaban J connectivity index is 2.23. The molecule has 1 spiro atoms. The molecule has 2 atom stereocenters. The van der Waals surface area contributed by atoms with E-state index in [1.165, 1.54) is 19.3 Å². The first-order valence-electron chi connectivity index (χ1n) is 4.87. The Morgan fingerprint density at radius 1 is 1.50 bits per heavy atom. The Bertz CT molecular complexity index is 241. The molecule has 12 heavy (non-hydrogen) atoms. The van der Waals surface area contributed by atoms with Crippen molar-refractivity contribution in [1.82, 2.24) is 0 Å². The summed E-state index contributed by atoms with van der Waals surface area (Å²) >= 11 is 0. The van der Waals surface area contributed by atoms with Crippen LogP contribution in [0.4, 0.5) is 0 Å². The summed E-state index contributed by atoms with van der Waals surface area (Å²) in [6, 6.07) is 0. The van der Waals surface area contributed by atoms with Crippen LogP contribution in [0.2, 0.25) is 0 Å². The van der Waals surface area contributed by atoms with Crippen LogP contribution in [0, 0.1) is 11.3 Å². The summed E-state index contributed by atoms with van der Waals surface area (Å²) in [5.41, 5.74) is 1.18. The molecule has 66 valence electrons. The summed E-state index contributed by atoms with van der Waals surface area (Å²) in [6.07, 6.45) is 5.53. The summed E-state index contributed by atoms with van der Waals surface area (Å²) in [6.45, 7) is 6.24. The van der Waals surface area contributed by atoms with Crippen LogP contribution in [0.5, 0.6) is 0 Å². The molecule has 0 saturated heterocycles. The SMILES string of the molecule is C=C1C(=O)CC[C@@]12CC[C@H](C)C2. The van der Waals surface area contributed by atoms with Crippen LogP contribution in [0.15, 0.2) is 12.2 Å². The zero-order chi connectivity index (χ0) is 8.77. The second kappa shape index (κ2) is 2.45. The van der Waals surface area contributed by atoms with Crippen LogP contribution >= 0.6 is 0 Å². The lowest BCUT2D eigenvalue weighted by molar-refractivity contribution is -0.114. The van der Waals surface area contributed by atoms with Gasteiger partial charge in [-0.1, -0.05) is 13.5 Å². The minimum Gasteiger partial charge on any atom is -0.295 e. The number of allylic oxidation sites excluding steroid dienone is 1. The first-order valence-corrected chi connectivity index (χ1v) is 4.87. The third-order valence-corrected chi connectivity index (χ3v) is 3.66. The molecule has 2 saturated carbocycles. The second-order valence-corrected chi connectivity index (χ2v) is 4.53. The van der Waals surface area contributed by atoms with E-state index >= 15 is 0 Å². The van der Waals surface area contributed by atoms with E-state index < -0.39 is 0 Å². The smallest absolute Gasteiger partial charge is 0.158 e. The molecule has 0 aromatic carbocycles. The zero-order valence-electron chi connectivity index (χ0n) is 7.73. The van der Waals surface area contributed by atoms with Crippen LogP contribution in [0.1, 0.15) is 39.0 Å². The second-order valence-electron chi connectivity index (χ2n) is 4.53. The summed E-state index contributed by atoms with van der Waals surface area (Å²) in [5.74, 6) is 1.12. The monoisotopic (exact) mass is 164 g/mol. The van der Waals surface area contributed by atoms with Gasteiger partial charge in [0.1, 0.15) is 0 Å². The number of hydrogen-bond donors (Lipinski definition) is 0. The Kier molecular flexibility index (Phi) is 1.64. The maximum Gasteiger partial charge on any atom is 0.158 e. The highest BCUT2D eigenvalue weighted by Crippen LogP contribution is 2.53. The quantitative estimate of drug-likeness (QED) is 0.503. The molecule has 0 bridgehead atoms. The molecule has 1 nitrogen and oxygen atoms in total. The van der Waals surface area contributed by atoms with Crippen molar-refractivity contribution in [3.05, 3.63) is 12.2 Å². The Morgan fingerprint density at radius 2 is 2.25 bits per heavy atom. The van der Waals surface area contributed by atoms with E-state index in [1.807, 2.05) is 0 Å². The largest absolute Gasteiger partial charge is 0.295 e. The minimum atomic E-state index is 0.247. The maximum absolute atomic E-state index is 11.3. The highest BCUT2D eigenvalue weighted by molar-refractivity contribution is 5.98. The van der Waals surface area contributed by atoms with Crippen molar-refractivity contribution in [2.45, 2.75) is 39.0 Å². The van der Waals surface area contributed by atoms with Crippen molar-refractivity contribution >= 4 is 5.78 Å². The van der Waals surface area contributed by atoms with Gasteiger partial charge >= 0.3 is 0 Å². The topological polar surface area (TPSA) is 17.1 Å². The average Bonchev–Trinajstić information content (AvgIpc) is 2.53. The first-order chi connectivity index (χ1) is 5.64. The van der Waals surface area contributed by atoms with Crippen LogP contribution in [0.25, 0.3) is 0 Å². The van der Waals surface area contributed by atoms with E-state index in [2.05, 4.69) is 13.5 Å². The summed E-state index contributed by atoms with van der Waals surface area (Å²) in [7, 11) is 0. The normalized spacial score (nSPS) is 41.6. The van der Waals surface area contributed by atoms with Gasteiger partial charge in [0.2, 0.25) is 0 Å². The molecule has 0 radical (unpaired) electrons. The van der Waals surface area contributed by atoms with Crippen LogP contribution in [0.3, 0.4) is 0 Å². The molecule has 0 amide bonds. The van der Waals surface area contributed by atoms with Gasteiger partial charge in [-0.3, -0.25) is 4.79 Å². The fourth-order valence-electron chi connectivity index (χ4n) is 2.85. The lowest BCUT2D eigenvalue weighted by atomic mass is 9.80. The van der Waals surface area contributed by atoms with Gasteiger partial charge in [-0.25, -0.2) is 0 Å². The van der Waals surface area contributed by atoms with Crippen molar-refractivity contribution in [3.63, 3.8) is 0 Å².